The van der Waals surface area contributed by atoms with E-state index in [1.165, 1.54) is 30.7 Å². The third-order valence-corrected chi connectivity index (χ3v) is 6.81. The predicted molar refractivity (Wildman–Crippen MR) is 111 cm³/mol. The molecular weight excluding hydrogens is 431 g/mol. The number of benzene rings is 2. The van der Waals surface area contributed by atoms with Crippen LogP contribution in [0.1, 0.15) is 49.1 Å². The molecule has 0 saturated heterocycles. The number of hydrogen-bond acceptors (Lipinski definition) is 4. The second kappa shape index (κ2) is 8.18. The van der Waals surface area contributed by atoms with Gasteiger partial charge >= 0.3 is 6.18 Å². The van der Waals surface area contributed by atoms with E-state index in [4.69, 9.17) is 9.47 Å². The highest BCUT2D eigenvalue weighted by Gasteiger charge is 2.42. The van der Waals surface area contributed by atoms with Gasteiger partial charge in [-0.2, -0.15) is 13.2 Å². The van der Waals surface area contributed by atoms with Gasteiger partial charge in [-0.3, -0.25) is 4.79 Å². The van der Waals surface area contributed by atoms with Gasteiger partial charge in [0.05, 0.1) is 37.0 Å². The fraction of sp³-hybridized carbons (Fsp3) is 0.409. The van der Waals surface area contributed by atoms with Crippen molar-refractivity contribution >= 4 is 16.9 Å². The number of amides is 1. The van der Waals surface area contributed by atoms with E-state index in [0.717, 1.165) is 12.1 Å². The van der Waals surface area contributed by atoms with E-state index in [2.05, 4.69) is 0 Å². The molecule has 1 aliphatic rings. The van der Waals surface area contributed by atoms with Crippen LogP contribution in [0, 0.1) is 0 Å². The van der Waals surface area contributed by atoms with Gasteiger partial charge in [-0.25, -0.2) is 8.51 Å². The van der Waals surface area contributed by atoms with Crippen molar-refractivity contribution in [2.75, 3.05) is 14.2 Å². The summed E-state index contributed by atoms with van der Waals surface area (Å²) in [6.07, 6.45) is -4.60. The summed E-state index contributed by atoms with van der Waals surface area (Å²) < 4.78 is 64.6. The van der Waals surface area contributed by atoms with Gasteiger partial charge in [-0.15, -0.1) is 0 Å². The lowest BCUT2D eigenvalue weighted by atomic mass is 9.88. The largest absolute Gasteiger partial charge is 0.493 e. The zero-order chi connectivity index (χ0) is 23.1. The lowest BCUT2D eigenvalue weighted by Gasteiger charge is -2.39. The Balaban J connectivity index is 2.29. The molecule has 2 aromatic carbocycles. The van der Waals surface area contributed by atoms with Gasteiger partial charge in [0.1, 0.15) is 11.0 Å². The van der Waals surface area contributed by atoms with Crippen LogP contribution in [0.2, 0.25) is 0 Å². The fourth-order valence-electron chi connectivity index (χ4n) is 3.54. The number of carbonyl (C=O) groups excluding carboxylic acids is 1. The summed E-state index contributed by atoms with van der Waals surface area (Å²) in [4.78, 5) is 13.1. The highest BCUT2D eigenvalue weighted by atomic mass is 32.2. The van der Waals surface area contributed by atoms with Crippen molar-refractivity contribution in [2.45, 2.75) is 44.2 Å². The van der Waals surface area contributed by atoms with Crippen molar-refractivity contribution in [1.82, 2.24) is 4.31 Å². The van der Waals surface area contributed by atoms with Crippen LogP contribution >= 0.6 is 0 Å². The minimum atomic E-state index is -4.55. The van der Waals surface area contributed by atoms with Gasteiger partial charge in [-0.05, 0) is 61.7 Å². The average molecular weight is 455 g/mol. The molecule has 0 aliphatic carbocycles. The Labute approximate surface area is 181 Å². The molecule has 1 aliphatic heterocycles. The summed E-state index contributed by atoms with van der Waals surface area (Å²) >= 11 is 0. The maximum absolute atomic E-state index is 13.4. The SMILES string of the molecule is COc1cc2c(cc1OC)[C@H](c1cccc(C(F)(F)F)c1)N([S@](=O)C(C)(C)C)C(=O)C2. The minimum absolute atomic E-state index is 0.0486. The summed E-state index contributed by atoms with van der Waals surface area (Å²) in [5.74, 6) is 0.340. The smallest absolute Gasteiger partial charge is 0.416 e. The number of methoxy groups -OCH3 is 2. The molecule has 1 amide bonds. The molecule has 168 valence electrons. The molecule has 0 radical (unpaired) electrons. The molecule has 2 atom stereocenters. The number of hydrogen-bond donors (Lipinski definition) is 0. The van der Waals surface area contributed by atoms with Crippen molar-refractivity contribution < 1.29 is 31.6 Å². The van der Waals surface area contributed by atoms with Gasteiger partial charge < -0.3 is 9.47 Å². The first-order valence-electron chi connectivity index (χ1n) is 9.54. The first-order valence-corrected chi connectivity index (χ1v) is 10.6. The first kappa shape index (κ1) is 23.1. The molecule has 9 heteroatoms. The maximum atomic E-state index is 13.4. The van der Waals surface area contributed by atoms with Gasteiger partial charge in [0.15, 0.2) is 11.5 Å². The number of fused-ring (bicyclic) bond motifs is 1. The van der Waals surface area contributed by atoms with Crippen LogP contribution < -0.4 is 9.47 Å². The maximum Gasteiger partial charge on any atom is 0.416 e. The number of rotatable bonds is 4. The number of ether oxygens (including phenoxy) is 2. The second-order valence-corrected chi connectivity index (χ2v) is 10.3. The topological polar surface area (TPSA) is 55.8 Å². The zero-order valence-electron chi connectivity index (χ0n) is 17.9. The van der Waals surface area contributed by atoms with Crippen LogP contribution in [0.4, 0.5) is 13.2 Å². The second-order valence-electron chi connectivity index (χ2n) is 8.19. The van der Waals surface area contributed by atoms with E-state index in [0.29, 0.717) is 22.6 Å². The van der Waals surface area contributed by atoms with Crippen LogP contribution in [0.3, 0.4) is 0 Å². The lowest BCUT2D eigenvalue weighted by molar-refractivity contribution is -0.137. The number of carbonyl (C=O) groups is 1. The van der Waals surface area contributed by atoms with E-state index in [-0.39, 0.29) is 12.0 Å². The van der Waals surface area contributed by atoms with Crippen LogP contribution in [-0.4, -0.2) is 33.4 Å². The Bertz CT molecular complexity index is 1030. The number of halogens is 3. The standard InChI is InChI=1S/C22H24F3NO4S/c1-21(2,3)31(28)26-19(27)11-14-10-17(29-4)18(30-5)12-16(14)20(26)13-7-6-8-15(9-13)22(23,24)25/h6-10,12,20H,11H2,1-5H3/t20-,31+/m0/s1. The number of nitrogens with zero attached hydrogens (tertiary/aromatic N) is 1. The third kappa shape index (κ3) is 4.42. The van der Waals surface area contributed by atoms with Gasteiger partial charge in [0, 0.05) is 0 Å². The van der Waals surface area contributed by atoms with E-state index in [1.54, 1.807) is 32.9 Å². The monoisotopic (exact) mass is 455 g/mol. The summed E-state index contributed by atoms with van der Waals surface area (Å²) in [5.41, 5.74) is 0.516. The molecule has 3 rings (SSSR count). The van der Waals surface area contributed by atoms with E-state index in [1.807, 2.05) is 0 Å². The molecule has 0 spiro atoms. The lowest BCUT2D eigenvalue weighted by Crippen LogP contribution is -2.47. The molecule has 2 aromatic rings. The van der Waals surface area contributed by atoms with Crippen molar-refractivity contribution in [3.05, 3.63) is 58.7 Å². The normalized spacial score (nSPS) is 17.9. The van der Waals surface area contributed by atoms with Crippen molar-refractivity contribution in [2.24, 2.45) is 0 Å². The summed E-state index contributed by atoms with van der Waals surface area (Å²) in [5, 5.41) is 0. The molecule has 1 heterocycles. The third-order valence-electron chi connectivity index (χ3n) is 4.99. The van der Waals surface area contributed by atoms with Crippen molar-refractivity contribution in [1.29, 1.82) is 0 Å². The Kier molecular flexibility index (Phi) is 6.10. The van der Waals surface area contributed by atoms with Crippen molar-refractivity contribution in [3.8, 4) is 11.5 Å². The van der Waals surface area contributed by atoms with E-state index < -0.39 is 39.4 Å². The predicted octanol–water partition coefficient (Wildman–Crippen LogP) is 4.66. The molecule has 31 heavy (non-hydrogen) atoms. The first-order chi connectivity index (χ1) is 14.4. The molecule has 0 saturated carbocycles. The van der Waals surface area contributed by atoms with Crippen LogP contribution in [-0.2, 0) is 28.4 Å². The Morgan fingerprint density at radius 3 is 2.19 bits per heavy atom. The van der Waals surface area contributed by atoms with Crippen LogP contribution in [0.15, 0.2) is 36.4 Å². The van der Waals surface area contributed by atoms with E-state index >= 15 is 0 Å². The molecule has 5 nitrogen and oxygen atoms in total. The molecule has 0 aromatic heterocycles. The summed E-state index contributed by atoms with van der Waals surface area (Å²) in [6.45, 7) is 5.14. The molecular formula is C22H24F3NO4S. The Hall–Kier alpha value is -2.55. The Morgan fingerprint density at radius 1 is 1.03 bits per heavy atom. The highest BCUT2D eigenvalue weighted by molar-refractivity contribution is 7.84. The number of alkyl halides is 3. The minimum Gasteiger partial charge on any atom is -0.493 e. The van der Waals surface area contributed by atoms with Gasteiger partial charge in [-0.1, -0.05) is 12.1 Å². The average Bonchev–Trinajstić information content (AvgIpc) is 2.70. The Morgan fingerprint density at radius 2 is 1.65 bits per heavy atom. The fourth-order valence-corrected chi connectivity index (χ4v) is 4.81. The summed E-state index contributed by atoms with van der Waals surface area (Å²) in [7, 11) is 1.10. The molecule has 0 unspecified atom stereocenters. The van der Waals surface area contributed by atoms with Crippen LogP contribution in [0.5, 0.6) is 11.5 Å². The quantitative estimate of drug-likeness (QED) is 0.673. The molecule has 0 fully saturated rings. The molecule has 0 N–H and O–H groups in total. The van der Waals surface area contributed by atoms with Crippen molar-refractivity contribution in [3.63, 3.8) is 0 Å². The zero-order valence-corrected chi connectivity index (χ0v) is 18.7. The molecule has 0 bridgehead atoms. The van der Waals surface area contributed by atoms with Crippen LogP contribution in [0.25, 0.3) is 0 Å². The van der Waals surface area contributed by atoms with Gasteiger partial charge in [0.25, 0.3) is 0 Å². The van der Waals surface area contributed by atoms with E-state index in [9.17, 15) is 22.2 Å². The highest BCUT2D eigenvalue weighted by Crippen LogP contribution is 2.44. The van der Waals surface area contributed by atoms with Gasteiger partial charge in [0.2, 0.25) is 5.91 Å². The summed E-state index contributed by atoms with van der Waals surface area (Å²) in [6, 6.07) is 7.06.